The molecule has 1 aliphatic rings. The molecule has 3 aromatic rings. The van der Waals surface area contributed by atoms with Crippen molar-refractivity contribution in [3.05, 3.63) is 66.0 Å². The lowest BCUT2D eigenvalue weighted by atomic mass is 9.96. The second-order valence-electron chi connectivity index (χ2n) is 7.24. The Morgan fingerprint density at radius 1 is 1.14 bits per heavy atom. The summed E-state index contributed by atoms with van der Waals surface area (Å²) in [5.74, 6) is 0.553. The van der Waals surface area contributed by atoms with Crippen LogP contribution in [0.5, 0.6) is 5.75 Å². The minimum atomic E-state index is -0.571. The molecule has 2 atom stereocenters. The SMILES string of the molecule is NCCOc1ccc(C(=O)N2C[C@H](Cc3ccnc4cccnc34)[C@H](O)C2)cc1. The lowest BCUT2D eigenvalue weighted by Crippen LogP contribution is -2.29. The number of fused-ring (bicyclic) bond motifs is 1. The number of rotatable bonds is 6. The van der Waals surface area contributed by atoms with Gasteiger partial charge in [-0.15, -0.1) is 0 Å². The van der Waals surface area contributed by atoms with Crippen molar-refractivity contribution in [1.29, 1.82) is 0 Å². The number of carbonyl (C=O) groups is 1. The van der Waals surface area contributed by atoms with Gasteiger partial charge in [0.25, 0.3) is 5.91 Å². The summed E-state index contributed by atoms with van der Waals surface area (Å²) in [6, 6.07) is 12.7. The third-order valence-electron chi connectivity index (χ3n) is 5.24. The number of amides is 1. The van der Waals surface area contributed by atoms with Crippen molar-refractivity contribution in [3.63, 3.8) is 0 Å². The number of aliphatic hydroxyl groups excluding tert-OH is 1. The maximum absolute atomic E-state index is 12.9. The van der Waals surface area contributed by atoms with Crippen LogP contribution in [0.1, 0.15) is 15.9 Å². The van der Waals surface area contributed by atoms with E-state index in [0.29, 0.717) is 44.0 Å². The van der Waals surface area contributed by atoms with Crippen molar-refractivity contribution in [2.24, 2.45) is 11.7 Å². The van der Waals surface area contributed by atoms with Gasteiger partial charge in [0.1, 0.15) is 12.4 Å². The van der Waals surface area contributed by atoms with E-state index >= 15 is 0 Å². The van der Waals surface area contributed by atoms with E-state index in [9.17, 15) is 9.90 Å². The quantitative estimate of drug-likeness (QED) is 0.661. The number of hydrogen-bond donors (Lipinski definition) is 2. The normalized spacial score (nSPS) is 18.9. The maximum atomic E-state index is 12.9. The number of likely N-dealkylation sites (tertiary alicyclic amines) is 1. The molecule has 4 rings (SSSR count). The van der Waals surface area contributed by atoms with Crippen LogP contribution < -0.4 is 10.5 Å². The average molecular weight is 392 g/mol. The predicted molar refractivity (Wildman–Crippen MR) is 110 cm³/mol. The number of pyridine rings is 2. The van der Waals surface area contributed by atoms with Crippen molar-refractivity contribution < 1.29 is 14.6 Å². The summed E-state index contributed by atoms with van der Waals surface area (Å²) in [6.45, 7) is 1.70. The number of benzene rings is 1. The summed E-state index contributed by atoms with van der Waals surface area (Å²) in [5.41, 5.74) is 8.73. The van der Waals surface area contributed by atoms with Gasteiger partial charge in [0, 0.05) is 43.5 Å². The molecule has 2 aromatic heterocycles. The molecule has 1 amide bonds. The van der Waals surface area contributed by atoms with Gasteiger partial charge in [-0.2, -0.15) is 0 Å². The van der Waals surface area contributed by atoms with E-state index in [2.05, 4.69) is 9.97 Å². The Kier molecular flexibility index (Phi) is 5.69. The van der Waals surface area contributed by atoms with E-state index in [1.165, 1.54) is 0 Å². The highest BCUT2D eigenvalue weighted by molar-refractivity contribution is 5.94. The fraction of sp³-hybridized carbons (Fsp3) is 0.318. The molecule has 1 saturated heterocycles. The zero-order chi connectivity index (χ0) is 20.2. The van der Waals surface area contributed by atoms with E-state index in [1.54, 1.807) is 41.6 Å². The molecule has 150 valence electrons. The number of carbonyl (C=O) groups excluding carboxylic acids is 1. The van der Waals surface area contributed by atoms with E-state index < -0.39 is 6.10 Å². The molecule has 0 aliphatic carbocycles. The van der Waals surface area contributed by atoms with Crippen LogP contribution in [0, 0.1) is 5.92 Å². The molecule has 3 heterocycles. The zero-order valence-electron chi connectivity index (χ0n) is 16.1. The van der Waals surface area contributed by atoms with Gasteiger partial charge in [-0.05, 0) is 54.4 Å². The van der Waals surface area contributed by atoms with Gasteiger partial charge in [-0.3, -0.25) is 14.8 Å². The third-order valence-corrected chi connectivity index (χ3v) is 5.24. The van der Waals surface area contributed by atoms with Gasteiger partial charge in [0.15, 0.2) is 0 Å². The van der Waals surface area contributed by atoms with E-state index in [-0.39, 0.29) is 11.8 Å². The second-order valence-corrected chi connectivity index (χ2v) is 7.24. The highest BCUT2D eigenvalue weighted by Crippen LogP contribution is 2.26. The van der Waals surface area contributed by atoms with Gasteiger partial charge in [0.05, 0.1) is 17.1 Å². The van der Waals surface area contributed by atoms with Crippen LogP contribution in [-0.4, -0.2) is 58.2 Å². The number of nitrogens with two attached hydrogens (primary N) is 1. The molecular formula is C22H24N4O3. The average Bonchev–Trinajstić information content (AvgIpc) is 3.12. The monoisotopic (exact) mass is 392 g/mol. The molecule has 7 nitrogen and oxygen atoms in total. The molecule has 3 N–H and O–H groups in total. The number of ether oxygens (including phenoxy) is 1. The van der Waals surface area contributed by atoms with Crippen LogP contribution in [0.4, 0.5) is 0 Å². The van der Waals surface area contributed by atoms with Crippen LogP contribution in [-0.2, 0) is 6.42 Å². The lowest BCUT2D eigenvalue weighted by molar-refractivity contribution is 0.0764. The van der Waals surface area contributed by atoms with Gasteiger partial charge in [0.2, 0.25) is 0 Å². The van der Waals surface area contributed by atoms with Crippen LogP contribution in [0.2, 0.25) is 0 Å². The Hall–Kier alpha value is -3.03. The minimum absolute atomic E-state index is 0.0429. The smallest absolute Gasteiger partial charge is 0.253 e. The van der Waals surface area contributed by atoms with Crippen molar-refractivity contribution in [1.82, 2.24) is 14.9 Å². The summed E-state index contributed by atoms with van der Waals surface area (Å²) >= 11 is 0. The number of β-amino-alcohol motifs (C(OH)–C–C–N with tert-alkyl or cyclic N) is 1. The fourth-order valence-corrected chi connectivity index (χ4v) is 3.76. The van der Waals surface area contributed by atoms with Gasteiger partial charge >= 0.3 is 0 Å². The number of hydrogen-bond acceptors (Lipinski definition) is 6. The molecule has 0 unspecified atom stereocenters. The summed E-state index contributed by atoms with van der Waals surface area (Å²) in [4.78, 5) is 23.3. The standard InChI is InChI=1S/C22H24N4O3/c23-8-11-29-18-5-3-15(4-6-18)22(28)26-13-17(20(27)14-26)12-16-7-10-24-19-2-1-9-25-21(16)19/h1-7,9-10,17,20,27H,8,11-14,23H2/t17-,20+/m0/s1. The van der Waals surface area contributed by atoms with Crippen LogP contribution in [0.15, 0.2) is 54.9 Å². The van der Waals surface area contributed by atoms with Crippen molar-refractivity contribution in [3.8, 4) is 5.75 Å². The van der Waals surface area contributed by atoms with E-state index in [4.69, 9.17) is 10.5 Å². The first-order valence-electron chi connectivity index (χ1n) is 9.74. The Morgan fingerprint density at radius 2 is 1.97 bits per heavy atom. The number of aliphatic hydroxyl groups is 1. The Balaban J connectivity index is 1.44. The highest BCUT2D eigenvalue weighted by atomic mass is 16.5. The van der Waals surface area contributed by atoms with Crippen molar-refractivity contribution in [2.75, 3.05) is 26.2 Å². The van der Waals surface area contributed by atoms with Gasteiger partial charge in [-0.1, -0.05) is 0 Å². The Bertz CT molecular complexity index is 988. The van der Waals surface area contributed by atoms with Crippen LogP contribution in [0.3, 0.4) is 0 Å². The van der Waals surface area contributed by atoms with E-state index in [0.717, 1.165) is 16.6 Å². The molecule has 29 heavy (non-hydrogen) atoms. The number of aromatic nitrogens is 2. The van der Waals surface area contributed by atoms with E-state index in [1.807, 2.05) is 18.2 Å². The minimum Gasteiger partial charge on any atom is -0.492 e. The van der Waals surface area contributed by atoms with Crippen molar-refractivity contribution in [2.45, 2.75) is 12.5 Å². The molecule has 7 heteroatoms. The topological polar surface area (TPSA) is 102 Å². The first-order valence-corrected chi connectivity index (χ1v) is 9.74. The highest BCUT2D eigenvalue weighted by Gasteiger charge is 2.34. The zero-order valence-corrected chi connectivity index (χ0v) is 16.1. The summed E-state index contributed by atoms with van der Waals surface area (Å²) in [7, 11) is 0. The second kappa shape index (κ2) is 8.55. The lowest BCUT2D eigenvalue weighted by Gasteiger charge is -2.17. The molecule has 1 fully saturated rings. The molecule has 0 radical (unpaired) electrons. The maximum Gasteiger partial charge on any atom is 0.253 e. The molecule has 0 saturated carbocycles. The van der Waals surface area contributed by atoms with Crippen molar-refractivity contribution >= 4 is 16.9 Å². The number of nitrogens with zero attached hydrogens (tertiary/aromatic N) is 3. The summed E-state index contributed by atoms with van der Waals surface area (Å²) < 4.78 is 5.45. The third kappa shape index (κ3) is 4.21. The molecule has 0 bridgehead atoms. The first kappa shape index (κ1) is 19.3. The predicted octanol–water partition coefficient (Wildman–Crippen LogP) is 1.64. The van der Waals surface area contributed by atoms with Gasteiger partial charge in [-0.25, -0.2) is 0 Å². The first-order chi connectivity index (χ1) is 14.2. The molecular weight excluding hydrogens is 368 g/mol. The summed E-state index contributed by atoms with van der Waals surface area (Å²) in [6.07, 6.45) is 3.58. The Morgan fingerprint density at radius 3 is 2.76 bits per heavy atom. The van der Waals surface area contributed by atoms with Gasteiger partial charge < -0.3 is 20.5 Å². The largest absolute Gasteiger partial charge is 0.492 e. The fourth-order valence-electron chi connectivity index (χ4n) is 3.76. The molecule has 1 aliphatic heterocycles. The molecule has 0 spiro atoms. The Labute approximate surface area is 169 Å². The molecule has 1 aromatic carbocycles. The van der Waals surface area contributed by atoms with Crippen LogP contribution in [0.25, 0.3) is 11.0 Å². The summed E-state index contributed by atoms with van der Waals surface area (Å²) in [5, 5.41) is 10.6. The van der Waals surface area contributed by atoms with Crippen LogP contribution >= 0.6 is 0 Å².